The molecule has 1 N–H and O–H groups in total. The van der Waals surface area contributed by atoms with Crippen molar-refractivity contribution in [2.75, 3.05) is 0 Å². The van der Waals surface area contributed by atoms with Crippen molar-refractivity contribution < 1.29 is 4.79 Å². The zero-order chi connectivity index (χ0) is 16.9. The molecule has 4 heteroatoms. The Kier molecular flexibility index (Phi) is 4.66. The summed E-state index contributed by atoms with van der Waals surface area (Å²) in [5.41, 5.74) is 2.94. The average molecular weight is 317 g/mol. The van der Waals surface area contributed by atoms with Crippen molar-refractivity contribution in [1.29, 1.82) is 0 Å². The summed E-state index contributed by atoms with van der Waals surface area (Å²) in [4.78, 5) is 21.6. The number of carbonyl (C=O) groups is 1. The Morgan fingerprint density at radius 1 is 0.917 bits per heavy atom. The second-order valence-corrected chi connectivity index (χ2v) is 5.82. The van der Waals surface area contributed by atoms with Crippen LogP contribution in [0.4, 0.5) is 0 Å². The fourth-order valence-corrected chi connectivity index (χ4v) is 2.43. The van der Waals surface area contributed by atoms with E-state index in [0.717, 1.165) is 11.1 Å². The van der Waals surface area contributed by atoms with E-state index in [4.69, 9.17) is 0 Å². The van der Waals surface area contributed by atoms with E-state index in [1.54, 1.807) is 6.20 Å². The third kappa shape index (κ3) is 3.49. The van der Waals surface area contributed by atoms with E-state index in [-0.39, 0.29) is 11.9 Å². The highest BCUT2D eigenvalue weighted by Gasteiger charge is 2.17. The van der Waals surface area contributed by atoms with Crippen molar-refractivity contribution in [2.45, 2.75) is 19.9 Å². The lowest BCUT2D eigenvalue weighted by atomic mass is 10.1. The Hall–Kier alpha value is -3.01. The van der Waals surface area contributed by atoms with Crippen LogP contribution in [0.1, 0.15) is 24.2 Å². The minimum absolute atomic E-state index is 0.0509. The largest absolute Gasteiger partial charge is 0.350 e. The van der Waals surface area contributed by atoms with Crippen LogP contribution < -0.4 is 5.32 Å². The molecule has 1 aromatic heterocycles. The predicted octanol–water partition coefficient (Wildman–Crippen LogP) is 3.95. The lowest BCUT2D eigenvalue weighted by Crippen LogP contribution is -2.30. The number of hydrogen-bond acceptors (Lipinski definition) is 3. The van der Waals surface area contributed by atoms with Crippen molar-refractivity contribution in [1.82, 2.24) is 15.3 Å². The molecular formula is C20H19N3O. The Morgan fingerprint density at radius 3 is 2.08 bits per heavy atom. The summed E-state index contributed by atoms with van der Waals surface area (Å²) in [7, 11) is 0. The maximum absolute atomic E-state index is 12.5. The normalized spacial score (nSPS) is 10.6. The van der Waals surface area contributed by atoms with Gasteiger partial charge in [-0.15, -0.1) is 0 Å². The van der Waals surface area contributed by atoms with Gasteiger partial charge in [-0.05, 0) is 13.8 Å². The zero-order valence-electron chi connectivity index (χ0n) is 13.7. The molecule has 0 fully saturated rings. The van der Waals surface area contributed by atoms with E-state index in [1.807, 2.05) is 74.5 Å². The molecule has 0 unspecified atom stereocenters. The van der Waals surface area contributed by atoms with Gasteiger partial charge >= 0.3 is 0 Å². The van der Waals surface area contributed by atoms with Crippen LogP contribution in [-0.4, -0.2) is 21.9 Å². The Balaban J connectivity index is 2.11. The molecule has 0 atom stereocenters. The molecule has 4 nitrogen and oxygen atoms in total. The van der Waals surface area contributed by atoms with Gasteiger partial charge in [0.2, 0.25) is 0 Å². The van der Waals surface area contributed by atoms with Gasteiger partial charge in [-0.1, -0.05) is 60.7 Å². The van der Waals surface area contributed by atoms with Crippen molar-refractivity contribution in [2.24, 2.45) is 0 Å². The first-order valence-electron chi connectivity index (χ1n) is 7.94. The minimum atomic E-state index is -0.163. The van der Waals surface area contributed by atoms with Crippen molar-refractivity contribution in [3.05, 3.63) is 72.4 Å². The average Bonchev–Trinajstić information content (AvgIpc) is 2.62. The van der Waals surface area contributed by atoms with Crippen LogP contribution in [0.5, 0.6) is 0 Å². The second-order valence-electron chi connectivity index (χ2n) is 5.82. The first-order valence-corrected chi connectivity index (χ1v) is 7.94. The minimum Gasteiger partial charge on any atom is -0.350 e. The number of rotatable bonds is 4. The van der Waals surface area contributed by atoms with Crippen LogP contribution in [-0.2, 0) is 0 Å². The number of amides is 1. The molecule has 1 amide bonds. The number of nitrogens with one attached hydrogen (secondary N) is 1. The molecule has 0 aliphatic carbocycles. The molecule has 3 rings (SSSR count). The van der Waals surface area contributed by atoms with Gasteiger partial charge in [0.1, 0.15) is 0 Å². The predicted molar refractivity (Wildman–Crippen MR) is 95.5 cm³/mol. The van der Waals surface area contributed by atoms with Crippen LogP contribution in [0.15, 0.2) is 66.9 Å². The van der Waals surface area contributed by atoms with Crippen LogP contribution in [0.3, 0.4) is 0 Å². The highest BCUT2D eigenvalue weighted by atomic mass is 16.1. The van der Waals surface area contributed by atoms with Crippen LogP contribution in [0.25, 0.3) is 22.6 Å². The maximum atomic E-state index is 12.5. The SMILES string of the molecule is CC(C)NC(=O)c1cnc(-c2ccccc2)nc1-c1ccccc1. The molecule has 3 aromatic rings. The number of nitrogens with zero attached hydrogens (tertiary/aromatic N) is 2. The van der Waals surface area contributed by atoms with Gasteiger partial charge in [-0.25, -0.2) is 9.97 Å². The van der Waals surface area contributed by atoms with Crippen LogP contribution in [0.2, 0.25) is 0 Å². The van der Waals surface area contributed by atoms with Crippen LogP contribution in [0, 0.1) is 0 Å². The van der Waals surface area contributed by atoms with Crippen molar-refractivity contribution >= 4 is 5.91 Å². The number of carbonyl (C=O) groups excluding carboxylic acids is 1. The Labute approximate surface area is 141 Å². The molecule has 2 aromatic carbocycles. The second kappa shape index (κ2) is 7.04. The maximum Gasteiger partial charge on any atom is 0.255 e. The lowest BCUT2D eigenvalue weighted by Gasteiger charge is -2.13. The third-order valence-corrected chi connectivity index (χ3v) is 3.53. The van der Waals surface area contributed by atoms with Gasteiger partial charge in [0.25, 0.3) is 5.91 Å². The fraction of sp³-hybridized carbons (Fsp3) is 0.150. The summed E-state index contributed by atoms with van der Waals surface area (Å²) in [6, 6.07) is 19.5. The summed E-state index contributed by atoms with van der Waals surface area (Å²) in [5.74, 6) is 0.444. The molecule has 0 radical (unpaired) electrons. The third-order valence-electron chi connectivity index (χ3n) is 3.53. The summed E-state index contributed by atoms with van der Waals surface area (Å²) < 4.78 is 0. The molecule has 0 aliphatic rings. The topological polar surface area (TPSA) is 54.9 Å². The van der Waals surface area contributed by atoms with Gasteiger partial charge in [-0.2, -0.15) is 0 Å². The smallest absolute Gasteiger partial charge is 0.255 e. The fourth-order valence-electron chi connectivity index (χ4n) is 2.43. The zero-order valence-corrected chi connectivity index (χ0v) is 13.7. The standard InChI is InChI=1S/C20H19N3O/c1-14(2)22-20(24)17-13-21-19(16-11-7-4-8-12-16)23-18(17)15-9-5-3-6-10-15/h3-14H,1-2H3,(H,22,24). The van der Waals surface area contributed by atoms with Gasteiger partial charge in [0.05, 0.1) is 11.3 Å². The molecule has 0 saturated heterocycles. The Morgan fingerprint density at radius 2 is 1.50 bits per heavy atom. The van der Waals surface area contributed by atoms with Crippen molar-refractivity contribution in [3.8, 4) is 22.6 Å². The molecule has 1 heterocycles. The van der Waals surface area contributed by atoms with E-state index in [0.29, 0.717) is 17.1 Å². The quantitative estimate of drug-likeness (QED) is 0.792. The molecule has 0 bridgehead atoms. The van der Waals surface area contributed by atoms with Gasteiger partial charge in [0.15, 0.2) is 5.82 Å². The molecule has 0 aliphatic heterocycles. The Bertz CT molecular complexity index is 830. The number of hydrogen-bond donors (Lipinski definition) is 1. The molecule has 0 saturated carbocycles. The molecular weight excluding hydrogens is 298 g/mol. The van der Waals surface area contributed by atoms with Gasteiger partial charge in [0, 0.05) is 23.4 Å². The lowest BCUT2D eigenvalue weighted by molar-refractivity contribution is 0.0943. The highest BCUT2D eigenvalue weighted by molar-refractivity contribution is 6.00. The van der Waals surface area contributed by atoms with Crippen LogP contribution >= 0.6 is 0 Å². The van der Waals surface area contributed by atoms with E-state index >= 15 is 0 Å². The summed E-state index contributed by atoms with van der Waals surface area (Å²) in [5, 5.41) is 2.91. The summed E-state index contributed by atoms with van der Waals surface area (Å²) in [6.07, 6.45) is 1.61. The molecule has 120 valence electrons. The first kappa shape index (κ1) is 15.9. The van der Waals surface area contributed by atoms with Gasteiger partial charge < -0.3 is 5.32 Å². The van der Waals surface area contributed by atoms with E-state index in [2.05, 4.69) is 15.3 Å². The summed E-state index contributed by atoms with van der Waals surface area (Å²) >= 11 is 0. The van der Waals surface area contributed by atoms with E-state index in [1.165, 1.54) is 0 Å². The van der Waals surface area contributed by atoms with Crippen molar-refractivity contribution in [3.63, 3.8) is 0 Å². The van der Waals surface area contributed by atoms with E-state index in [9.17, 15) is 4.79 Å². The van der Waals surface area contributed by atoms with E-state index < -0.39 is 0 Å². The highest BCUT2D eigenvalue weighted by Crippen LogP contribution is 2.24. The monoisotopic (exact) mass is 317 g/mol. The molecule has 0 spiro atoms. The first-order chi connectivity index (χ1) is 11.6. The molecule has 24 heavy (non-hydrogen) atoms. The number of benzene rings is 2. The summed E-state index contributed by atoms with van der Waals surface area (Å²) in [6.45, 7) is 3.86. The van der Waals surface area contributed by atoms with Gasteiger partial charge in [-0.3, -0.25) is 4.79 Å². The number of aromatic nitrogens is 2.